The minimum absolute atomic E-state index is 0.243. The molecule has 0 spiro atoms. The van der Waals surface area contributed by atoms with Gasteiger partial charge in [0.2, 0.25) is 0 Å². The predicted octanol–water partition coefficient (Wildman–Crippen LogP) is 1.15. The van der Waals surface area contributed by atoms with Crippen LogP contribution >= 0.6 is 0 Å². The summed E-state index contributed by atoms with van der Waals surface area (Å²) in [6.45, 7) is 5.15. The van der Waals surface area contributed by atoms with E-state index in [1.807, 2.05) is 11.5 Å². The summed E-state index contributed by atoms with van der Waals surface area (Å²) in [5.74, 6) is -0.947. The lowest BCUT2D eigenvalue weighted by Gasteiger charge is -2.07. The molecule has 0 aromatic carbocycles. The summed E-state index contributed by atoms with van der Waals surface area (Å²) in [6.07, 6.45) is 4.90. The van der Waals surface area contributed by atoms with Gasteiger partial charge in [-0.15, -0.1) is 0 Å². The Balaban J connectivity index is 2.28. The van der Waals surface area contributed by atoms with Crippen molar-refractivity contribution >= 4 is 5.97 Å². The van der Waals surface area contributed by atoms with E-state index in [4.69, 9.17) is 5.11 Å². The fourth-order valence-corrected chi connectivity index (χ4v) is 1.73. The first-order valence-electron chi connectivity index (χ1n) is 5.38. The molecule has 0 aliphatic carbocycles. The van der Waals surface area contributed by atoms with Gasteiger partial charge < -0.3 is 9.67 Å². The third-order valence-corrected chi connectivity index (χ3v) is 2.78. The van der Waals surface area contributed by atoms with Gasteiger partial charge in [-0.05, 0) is 13.8 Å². The van der Waals surface area contributed by atoms with Gasteiger partial charge in [0, 0.05) is 6.54 Å². The summed E-state index contributed by atoms with van der Waals surface area (Å²) in [4.78, 5) is 15.0. The first kappa shape index (κ1) is 11.4. The Morgan fingerprint density at radius 2 is 2.24 bits per heavy atom. The topological polar surface area (TPSA) is 72.9 Å². The molecule has 2 heterocycles. The monoisotopic (exact) mass is 234 g/mol. The molecule has 2 aromatic rings. The van der Waals surface area contributed by atoms with Gasteiger partial charge in [-0.3, -0.25) is 4.68 Å². The maximum Gasteiger partial charge on any atom is 0.339 e. The van der Waals surface area contributed by atoms with Crippen LogP contribution in [0, 0.1) is 6.92 Å². The number of hydrogen-bond donors (Lipinski definition) is 1. The second-order valence-electron chi connectivity index (χ2n) is 3.78. The third kappa shape index (κ3) is 2.06. The van der Waals surface area contributed by atoms with Crippen LogP contribution in [0.3, 0.4) is 0 Å². The Bertz CT molecular complexity index is 541. The second-order valence-corrected chi connectivity index (χ2v) is 3.78. The molecular formula is C11H14N4O2. The summed E-state index contributed by atoms with van der Waals surface area (Å²) in [6, 6.07) is 0. The van der Waals surface area contributed by atoms with E-state index in [0.717, 1.165) is 12.2 Å². The lowest BCUT2D eigenvalue weighted by molar-refractivity contribution is 0.0696. The van der Waals surface area contributed by atoms with E-state index < -0.39 is 5.97 Å². The Morgan fingerprint density at radius 3 is 2.82 bits per heavy atom. The third-order valence-electron chi connectivity index (χ3n) is 2.78. The van der Waals surface area contributed by atoms with Crippen molar-refractivity contribution in [2.24, 2.45) is 0 Å². The van der Waals surface area contributed by atoms with E-state index in [-0.39, 0.29) is 5.56 Å². The van der Waals surface area contributed by atoms with Crippen molar-refractivity contribution in [3.63, 3.8) is 0 Å². The van der Waals surface area contributed by atoms with Crippen molar-refractivity contribution in [1.29, 1.82) is 0 Å². The van der Waals surface area contributed by atoms with Gasteiger partial charge in [0.05, 0.1) is 36.7 Å². The molecule has 0 aliphatic heterocycles. The Labute approximate surface area is 98.5 Å². The van der Waals surface area contributed by atoms with Gasteiger partial charge in [-0.25, -0.2) is 9.78 Å². The number of carboxylic acid groups (broad SMARTS) is 1. The summed E-state index contributed by atoms with van der Waals surface area (Å²) >= 11 is 0. The van der Waals surface area contributed by atoms with Crippen molar-refractivity contribution in [1.82, 2.24) is 19.3 Å². The van der Waals surface area contributed by atoms with Gasteiger partial charge >= 0.3 is 5.97 Å². The Morgan fingerprint density at radius 1 is 1.47 bits per heavy atom. The number of hydrogen-bond acceptors (Lipinski definition) is 3. The van der Waals surface area contributed by atoms with Crippen LogP contribution in [0.2, 0.25) is 0 Å². The predicted molar refractivity (Wildman–Crippen MR) is 60.9 cm³/mol. The van der Waals surface area contributed by atoms with Crippen LogP contribution in [-0.2, 0) is 13.1 Å². The second kappa shape index (κ2) is 4.40. The average molecular weight is 234 g/mol. The van der Waals surface area contributed by atoms with Crippen molar-refractivity contribution in [2.45, 2.75) is 26.9 Å². The summed E-state index contributed by atoms with van der Waals surface area (Å²) in [5.41, 5.74) is 1.91. The Kier molecular flexibility index (Phi) is 2.95. The zero-order valence-electron chi connectivity index (χ0n) is 9.79. The fourth-order valence-electron chi connectivity index (χ4n) is 1.73. The van der Waals surface area contributed by atoms with Crippen molar-refractivity contribution in [2.75, 3.05) is 0 Å². The first-order chi connectivity index (χ1) is 8.13. The molecule has 1 N–H and O–H groups in total. The van der Waals surface area contributed by atoms with Gasteiger partial charge in [-0.2, -0.15) is 5.10 Å². The largest absolute Gasteiger partial charge is 0.478 e. The lowest BCUT2D eigenvalue weighted by Crippen LogP contribution is -2.09. The molecule has 2 rings (SSSR count). The van der Waals surface area contributed by atoms with Crippen LogP contribution in [0.1, 0.15) is 28.7 Å². The van der Waals surface area contributed by atoms with E-state index in [1.54, 1.807) is 24.1 Å². The van der Waals surface area contributed by atoms with Gasteiger partial charge in [0.1, 0.15) is 5.56 Å². The van der Waals surface area contributed by atoms with Crippen molar-refractivity contribution in [3.05, 3.63) is 35.7 Å². The van der Waals surface area contributed by atoms with E-state index in [9.17, 15) is 4.79 Å². The molecule has 0 fully saturated rings. The standard InChI is InChI=1S/C11H14N4O2/c1-3-14-7-12-4-9(14)6-15-8(2)10(5-13-15)11(16)17/h4-5,7H,3,6H2,1-2H3,(H,16,17). The quantitative estimate of drug-likeness (QED) is 0.861. The average Bonchev–Trinajstić information content (AvgIpc) is 2.87. The van der Waals surface area contributed by atoms with Crippen LogP contribution in [0.15, 0.2) is 18.7 Å². The number of carboxylic acids is 1. The van der Waals surface area contributed by atoms with Crippen LogP contribution in [0.4, 0.5) is 0 Å². The number of rotatable bonds is 4. The molecule has 0 saturated carbocycles. The fraction of sp³-hybridized carbons (Fsp3) is 0.364. The summed E-state index contributed by atoms with van der Waals surface area (Å²) < 4.78 is 3.67. The molecule has 2 aromatic heterocycles. The van der Waals surface area contributed by atoms with E-state index >= 15 is 0 Å². The number of aryl methyl sites for hydroxylation is 1. The molecule has 0 atom stereocenters. The van der Waals surface area contributed by atoms with Crippen LogP contribution in [0.25, 0.3) is 0 Å². The number of aromatic carboxylic acids is 1. The molecule has 0 bridgehead atoms. The molecule has 6 nitrogen and oxygen atoms in total. The number of carbonyl (C=O) groups is 1. The zero-order chi connectivity index (χ0) is 12.4. The maximum absolute atomic E-state index is 10.9. The van der Waals surface area contributed by atoms with Crippen molar-refractivity contribution in [3.8, 4) is 0 Å². The van der Waals surface area contributed by atoms with Crippen LogP contribution in [-0.4, -0.2) is 30.4 Å². The normalized spacial score (nSPS) is 10.7. The first-order valence-corrected chi connectivity index (χ1v) is 5.38. The molecule has 0 unspecified atom stereocenters. The van der Waals surface area contributed by atoms with E-state index in [1.165, 1.54) is 6.20 Å². The highest BCUT2D eigenvalue weighted by Gasteiger charge is 2.13. The molecule has 0 amide bonds. The van der Waals surface area contributed by atoms with Crippen LogP contribution < -0.4 is 0 Å². The minimum atomic E-state index is -0.947. The van der Waals surface area contributed by atoms with E-state index in [2.05, 4.69) is 10.1 Å². The minimum Gasteiger partial charge on any atom is -0.478 e. The highest BCUT2D eigenvalue weighted by Crippen LogP contribution is 2.10. The molecule has 90 valence electrons. The molecule has 0 radical (unpaired) electrons. The maximum atomic E-state index is 10.9. The van der Waals surface area contributed by atoms with E-state index in [0.29, 0.717) is 12.2 Å². The number of imidazole rings is 1. The molecule has 0 saturated heterocycles. The van der Waals surface area contributed by atoms with Gasteiger partial charge in [0.15, 0.2) is 0 Å². The van der Waals surface area contributed by atoms with Gasteiger partial charge in [0.25, 0.3) is 0 Å². The molecule has 0 aliphatic rings. The zero-order valence-corrected chi connectivity index (χ0v) is 9.79. The summed E-state index contributed by atoms with van der Waals surface area (Å²) in [5, 5.41) is 13.0. The number of nitrogens with zero attached hydrogens (tertiary/aromatic N) is 4. The number of aromatic nitrogens is 4. The summed E-state index contributed by atoms with van der Waals surface area (Å²) in [7, 11) is 0. The van der Waals surface area contributed by atoms with Crippen molar-refractivity contribution < 1.29 is 9.90 Å². The molecular weight excluding hydrogens is 220 g/mol. The SMILES string of the molecule is CCn1cncc1Cn1ncc(C(=O)O)c1C. The highest BCUT2D eigenvalue weighted by atomic mass is 16.4. The van der Waals surface area contributed by atoms with Crippen LogP contribution in [0.5, 0.6) is 0 Å². The molecule has 17 heavy (non-hydrogen) atoms. The molecule has 6 heteroatoms. The lowest BCUT2D eigenvalue weighted by atomic mass is 10.2. The highest BCUT2D eigenvalue weighted by molar-refractivity contribution is 5.88. The van der Waals surface area contributed by atoms with Gasteiger partial charge in [-0.1, -0.05) is 0 Å². The Hall–Kier alpha value is -2.11. The smallest absolute Gasteiger partial charge is 0.339 e.